The van der Waals surface area contributed by atoms with Gasteiger partial charge in [0.2, 0.25) is 0 Å². The van der Waals surface area contributed by atoms with Gasteiger partial charge in [-0.25, -0.2) is 9.50 Å². The molecule has 0 unspecified atom stereocenters. The zero-order chi connectivity index (χ0) is 19.0. The predicted molar refractivity (Wildman–Crippen MR) is 102 cm³/mol. The van der Waals surface area contributed by atoms with Gasteiger partial charge in [0.1, 0.15) is 17.1 Å². The van der Waals surface area contributed by atoms with E-state index in [-0.39, 0.29) is 11.5 Å². The van der Waals surface area contributed by atoms with Gasteiger partial charge in [0, 0.05) is 30.7 Å². The molecule has 7 heteroatoms. The first-order chi connectivity index (χ1) is 13.1. The summed E-state index contributed by atoms with van der Waals surface area (Å²) in [5.41, 5.74) is 3.92. The molecule has 4 rings (SSSR count). The van der Waals surface area contributed by atoms with Crippen molar-refractivity contribution in [2.75, 3.05) is 7.11 Å². The highest BCUT2D eigenvalue weighted by molar-refractivity contribution is 5.80. The van der Waals surface area contributed by atoms with Crippen LogP contribution in [0.15, 0.2) is 51.8 Å². The molecule has 0 radical (unpaired) electrons. The fourth-order valence-corrected chi connectivity index (χ4v) is 3.05. The molecular formula is C20H20N4O3. The predicted octanol–water partition coefficient (Wildman–Crippen LogP) is 3.61. The molecule has 0 amide bonds. The Hall–Kier alpha value is -3.19. The van der Waals surface area contributed by atoms with E-state index in [1.165, 1.54) is 10.6 Å². The van der Waals surface area contributed by atoms with Crippen LogP contribution in [-0.2, 0) is 11.3 Å². The van der Waals surface area contributed by atoms with Gasteiger partial charge in [0.05, 0.1) is 12.3 Å². The smallest absolute Gasteiger partial charge is 0.273 e. The summed E-state index contributed by atoms with van der Waals surface area (Å²) < 4.78 is 12.1. The second-order valence-electron chi connectivity index (χ2n) is 6.67. The maximum absolute atomic E-state index is 12.7. The second kappa shape index (κ2) is 6.85. The average Bonchev–Trinajstić information content (AvgIpc) is 3.28. The van der Waals surface area contributed by atoms with Gasteiger partial charge in [-0.05, 0) is 5.56 Å². The molecule has 3 heterocycles. The van der Waals surface area contributed by atoms with E-state index < -0.39 is 0 Å². The van der Waals surface area contributed by atoms with Crippen molar-refractivity contribution in [1.82, 2.24) is 19.8 Å². The summed E-state index contributed by atoms with van der Waals surface area (Å²) in [5, 5.41) is 7.19. The molecule has 1 N–H and O–H groups in total. The molecule has 138 valence electrons. The number of aromatic nitrogens is 4. The maximum atomic E-state index is 12.7. The number of aromatic amines is 1. The Kier molecular flexibility index (Phi) is 4.37. The van der Waals surface area contributed by atoms with E-state index in [9.17, 15) is 4.79 Å². The maximum Gasteiger partial charge on any atom is 0.273 e. The van der Waals surface area contributed by atoms with Crippen LogP contribution in [0.5, 0.6) is 0 Å². The number of fused-ring (bicyclic) bond motifs is 1. The topological polar surface area (TPSA) is 85.4 Å². The number of hydrogen-bond donors (Lipinski definition) is 1. The third-order valence-electron chi connectivity index (χ3n) is 4.40. The van der Waals surface area contributed by atoms with Crippen LogP contribution in [0.2, 0.25) is 0 Å². The monoisotopic (exact) mass is 364 g/mol. The number of nitrogens with zero attached hydrogens (tertiary/aromatic N) is 3. The first kappa shape index (κ1) is 17.2. The van der Waals surface area contributed by atoms with Gasteiger partial charge in [-0.3, -0.25) is 9.89 Å². The van der Waals surface area contributed by atoms with Crippen LogP contribution < -0.4 is 5.56 Å². The lowest BCUT2D eigenvalue weighted by Crippen LogP contribution is -2.14. The molecule has 27 heavy (non-hydrogen) atoms. The molecular weight excluding hydrogens is 344 g/mol. The minimum absolute atomic E-state index is 0.205. The highest BCUT2D eigenvalue weighted by atomic mass is 16.5. The van der Waals surface area contributed by atoms with Crippen molar-refractivity contribution in [3.05, 3.63) is 64.3 Å². The molecule has 0 saturated carbocycles. The molecule has 0 aliphatic carbocycles. The zero-order valence-corrected chi connectivity index (χ0v) is 15.4. The van der Waals surface area contributed by atoms with Crippen LogP contribution >= 0.6 is 0 Å². The lowest BCUT2D eigenvalue weighted by atomic mass is 10.1. The molecule has 0 aliphatic heterocycles. The minimum atomic E-state index is -0.219. The van der Waals surface area contributed by atoms with Gasteiger partial charge in [-0.2, -0.15) is 0 Å². The molecule has 0 bridgehead atoms. The highest BCUT2D eigenvalue weighted by Crippen LogP contribution is 2.29. The van der Waals surface area contributed by atoms with Crippen LogP contribution in [0.1, 0.15) is 31.2 Å². The Labute approximate surface area is 155 Å². The number of nitrogens with one attached hydrogen (secondary N) is 1. The minimum Gasteiger partial charge on any atom is -0.378 e. The van der Waals surface area contributed by atoms with Crippen LogP contribution in [0.3, 0.4) is 0 Å². The molecule has 0 atom stereocenters. The number of H-pyrrole nitrogens is 1. The third-order valence-corrected chi connectivity index (χ3v) is 4.40. The first-order valence-electron chi connectivity index (χ1n) is 8.74. The van der Waals surface area contributed by atoms with Crippen molar-refractivity contribution in [1.29, 1.82) is 0 Å². The summed E-state index contributed by atoms with van der Waals surface area (Å²) in [6.07, 6.45) is 0. The Morgan fingerprint density at radius 1 is 1.19 bits per heavy atom. The van der Waals surface area contributed by atoms with Crippen molar-refractivity contribution in [2.24, 2.45) is 0 Å². The van der Waals surface area contributed by atoms with Gasteiger partial charge in [0.15, 0.2) is 5.65 Å². The molecule has 1 aromatic carbocycles. The second-order valence-corrected chi connectivity index (χ2v) is 6.67. The third kappa shape index (κ3) is 3.06. The number of hydrogen-bond acceptors (Lipinski definition) is 5. The Morgan fingerprint density at radius 3 is 2.63 bits per heavy atom. The normalized spacial score (nSPS) is 11.6. The van der Waals surface area contributed by atoms with E-state index in [0.29, 0.717) is 23.6 Å². The summed E-state index contributed by atoms with van der Waals surface area (Å²) in [4.78, 5) is 17.4. The van der Waals surface area contributed by atoms with E-state index in [2.05, 4.69) is 10.3 Å². The fraction of sp³-hybridized carbons (Fsp3) is 0.250. The standard InChI is InChI=1S/C20H20N4O3/c1-12(2)17-9-15(23-27-17)14-10-18(25)24-20(21-14)19(16(22-24)11-26-3)13-7-5-4-6-8-13/h4-10,12,22H,11H2,1-3H3. The highest BCUT2D eigenvalue weighted by Gasteiger charge is 2.19. The van der Waals surface area contributed by atoms with Gasteiger partial charge < -0.3 is 9.26 Å². The molecule has 0 aliphatic rings. The van der Waals surface area contributed by atoms with E-state index >= 15 is 0 Å². The Bertz CT molecular complexity index is 1140. The van der Waals surface area contributed by atoms with Crippen molar-refractivity contribution >= 4 is 5.65 Å². The van der Waals surface area contributed by atoms with E-state index in [1.807, 2.05) is 50.2 Å². The molecule has 7 nitrogen and oxygen atoms in total. The largest absolute Gasteiger partial charge is 0.378 e. The quantitative estimate of drug-likeness (QED) is 0.585. The van der Waals surface area contributed by atoms with Crippen molar-refractivity contribution in [3.8, 4) is 22.5 Å². The van der Waals surface area contributed by atoms with Crippen LogP contribution in [0.4, 0.5) is 0 Å². The van der Waals surface area contributed by atoms with Gasteiger partial charge >= 0.3 is 0 Å². The lowest BCUT2D eigenvalue weighted by Gasteiger charge is -2.03. The van der Waals surface area contributed by atoms with Crippen LogP contribution in [0.25, 0.3) is 28.2 Å². The number of methoxy groups -OCH3 is 1. The van der Waals surface area contributed by atoms with Crippen molar-refractivity contribution in [2.45, 2.75) is 26.4 Å². The van der Waals surface area contributed by atoms with Crippen molar-refractivity contribution < 1.29 is 9.26 Å². The SMILES string of the molecule is COCc1[nH]n2c(=O)cc(-c3cc(C(C)C)on3)nc2c1-c1ccccc1. The number of ether oxygens (including phenoxy) is 1. The number of rotatable bonds is 5. The van der Waals surface area contributed by atoms with Gasteiger partial charge in [0.25, 0.3) is 5.56 Å². The molecule has 0 saturated heterocycles. The zero-order valence-electron chi connectivity index (χ0n) is 15.4. The lowest BCUT2D eigenvalue weighted by molar-refractivity contribution is 0.181. The fourth-order valence-electron chi connectivity index (χ4n) is 3.05. The summed E-state index contributed by atoms with van der Waals surface area (Å²) in [6.45, 7) is 4.38. The van der Waals surface area contributed by atoms with Gasteiger partial charge in [-0.15, -0.1) is 0 Å². The average molecular weight is 364 g/mol. The summed E-state index contributed by atoms with van der Waals surface area (Å²) in [5.74, 6) is 0.959. The number of benzene rings is 1. The summed E-state index contributed by atoms with van der Waals surface area (Å²) in [6, 6.07) is 13.1. The molecule has 0 spiro atoms. The molecule has 0 fully saturated rings. The molecule has 3 aromatic heterocycles. The van der Waals surface area contributed by atoms with Crippen LogP contribution in [0, 0.1) is 0 Å². The van der Waals surface area contributed by atoms with Gasteiger partial charge in [-0.1, -0.05) is 49.3 Å². The van der Waals surface area contributed by atoms with Crippen LogP contribution in [-0.4, -0.2) is 26.9 Å². The molecule has 4 aromatic rings. The summed E-state index contributed by atoms with van der Waals surface area (Å²) in [7, 11) is 1.62. The van der Waals surface area contributed by atoms with Crippen molar-refractivity contribution in [3.63, 3.8) is 0 Å². The summed E-state index contributed by atoms with van der Waals surface area (Å²) >= 11 is 0. The Morgan fingerprint density at radius 2 is 1.96 bits per heavy atom. The van der Waals surface area contributed by atoms with E-state index in [0.717, 1.165) is 22.6 Å². The Balaban J connectivity index is 1.96. The van der Waals surface area contributed by atoms with E-state index in [4.69, 9.17) is 14.2 Å². The first-order valence-corrected chi connectivity index (χ1v) is 8.74. The van der Waals surface area contributed by atoms with E-state index in [1.54, 1.807) is 7.11 Å².